The first-order chi connectivity index (χ1) is 8.80. The average molecular weight is 267 g/mol. The minimum atomic E-state index is -0.0190. The summed E-state index contributed by atoms with van der Waals surface area (Å²) in [7, 11) is 1.66. The first-order valence-electron chi connectivity index (χ1n) is 5.74. The standard InChI is InChI=1S/C11H17N5OS/c1-3-16-10(13-7-14-16)6-8(15-12)11-9(17-2)4-5-18-11/h4-5,7-8,15H,3,6,12H2,1-2H3. The van der Waals surface area contributed by atoms with E-state index >= 15 is 0 Å². The van der Waals surface area contributed by atoms with Gasteiger partial charge in [0.25, 0.3) is 0 Å². The van der Waals surface area contributed by atoms with E-state index in [0.717, 1.165) is 23.0 Å². The van der Waals surface area contributed by atoms with Gasteiger partial charge in [-0.05, 0) is 18.4 Å². The molecule has 18 heavy (non-hydrogen) atoms. The number of hydrogen-bond acceptors (Lipinski definition) is 6. The fraction of sp³-hybridized carbons (Fsp3) is 0.455. The zero-order chi connectivity index (χ0) is 13.0. The lowest BCUT2D eigenvalue weighted by molar-refractivity contribution is 0.401. The van der Waals surface area contributed by atoms with Crippen molar-refractivity contribution in [1.29, 1.82) is 0 Å². The van der Waals surface area contributed by atoms with Crippen LogP contribution in [-0.2, 0) is 13.0 Å². The van der Waals surface area contributed by atoms with Crippen molar-refractivity contribution < 1.29 is 4.74 Å². The minimum absolute atomic E-state index is 0.0190. The molecule has 0 aliphatic rings. The Morgan fingerprint density at radius 3 is 3.11 bits per heavy atom. The molecule has 0 aliphatic heterocycles. The van der Waals surface area contributed by atoms with Crippen LogP contribution in [0.1, 0.15) is 23.7 Å². The van der Waals surface area contributed by atoms with Crippen molar-refractivity contribution >= 4 is 11.3 Å². The highest BCUT2D eigenvalue weighted by Crippen LogP contribution is 2.31. The molecule has 6 nitrogen and oxygen atoms in total. The maximum atomic E-state index is 5.64. The van der Waals surface area contributed by atoms with E-state index in [4.69, 9.17) is 10.6 Å². The van der Waals surface area contributed by atoms with E-state index in [2.05, 4.69) is 15.5 Å². The molecular weight excluding hydrogens is 250 g/mol. The van der Waals surface area contributed by atoms with Gasteiger partial charge in [0.05, 0.1) is 18.0 Å². The Morgan fingerprint density at radius 2 is 2.44 bits per heavy atom. The molecule has 0 aliphatic carbocycles. The van der Waals surface area contributed by atoms with Crippen LogP contribution in [0.3, 0.4) is 0 Å². The zero-order valence-electron chi connectivity index (χ0n) is 10.5. The molecule has 2 aromatic rings. The molecule has 0 saturated carbocycles. The molecule has 0 aromatic carbocycles. The normalized spacial score (nSPS) is 12.6. The highest BCUT2D eigenvalue weighted by molar-refractivity contribution is 7.10. The van der Waals surface area contributed by atoms with Crippen LogP contribution in [0.15, 0.2) is 17.8 Å². The monoisotopic (exact) mass is 267 g/mol. The molecule has 0 bridgehead atoms. The number of aryl methyl sites for hydroxylation is 1. The number of hydrogen-bond donors (Lipinski definition) is 2. The second-order valence-corrected chi connectivity index (χ2v) is 4.72. The smallest absolute Gasteiger partial charge is 0.138 e. The SMILES string of the molecule is CCn1ncnc1CC(NN)c1sccc1OC. The van der Waals surface area contributed by atoms with Gasteiger partial charge in [-0.2, -0.15) is 5.10 Å². The van der Waals surface area contributed by atoms with Crippen molar-refractivity contribution in [1.82, 2.24) is 20.2 Å². The van der Waals surface area contributed by atoms with E-state index in [-0.39, 0.29) is 6.04 Å². The fourth-order valence-electron chi connectivity index (χ4n) is 1.85. The van der Waals surface area contributed by atoms with Gasteiger partial charge in [-0.15, -0.1) is 11.3 Å². The molecule has 0 amide bonds. The molecule has 1 unspecified atom stereocenters. The van der Waals surface area contributed by atoms with Gasteiger partial charge >= 0.3 is 0 Å². The predicted octanol–water partition coefficient (Wildman–Crippen LogP) is 1.12. The Hall–Kier alpha value is -1.44. The van der Waals surface area contributed by atoms with Crippen LogP contribution in [0.25, 0.3) is 0 Å². The van der Waals surface area contributed by atoms with Gasteiger partial charge in [-0.1, -0.05) is 0 Å². The molecule has 7 heteroatoms. The lowest BCUT2D eigenvalue weighted by Crippen LogP contribution is -2.30. The summed E-state index contributed by atoms with van der Waals surface area (Å²) in [5, 5.41) is 6.14. The van der Waals surface area contributed by atoms with Crippen LogP contribution < -0.4 is 16.0 Å². The van der Waals surface area contributed by atoms with Gasteiger partial charge in [-0.3, -0.25) is 16.0 Å². The van der Waals surface area contributed by atoms with Crippen LogP contribution in [0.2, 0.25) is 0 Å². The molecular formula is C11H17N5OS. The highest BCUT2D eigenvalue weighted by Gasteiger charge is 2.19. The molecule has 2 rings (SSSR count). The number of nitrogens with zero attached hydrogens (tertiary/aromatic N) is 3. The quantitative estimate of drug-likeness (QED) is 0.605. The number of aromatic nitrogens is 3. The summed E-state index contributed by atoms with van der Waals surface area (Å²) in [6, 6.07) is 1.92. The number of nitrogens with one attached hydrogen (secondary N) is 1. The Balaban J connectivity index is 2.20. The number of hydrazine groups is 1. The molecule has 3 N–H and O–H groups in total. The van der Waals surface area contributed by atoms with Gasteiger partial charge in [0, 0.05) is 13.0 Å². The van der Waals surface area contributed by atoms with Crippen LogP contribution in [-0.4, -0.2) is 21.9 Å². The molecule has 2 heterocycles. The van der Waals surface area contributed by atoms with Crippen molar-refractivity contribution in [3.8, 4) is 5.75 Å². The summed E-state index contributed by atoms with van der Waals surface area (Å²) < 4.78 is 7.18. The van der Waals surface area contributed by atoms with Gasteiger partial charge in [-0.25, -0.2) is 4.98 Å². The topological polar surface area (TPSA) is 78.0 Å². The number of methoxy groups -OCH3 is 1. The van der Waals surface area contributed by atoms with Crippen LogP contribution in [0, 0.1) is 0 Å². The summed E-state index contributed by atoms with van der Waals surface area (Å²) in [5.74, 6) is 7.40. The van der Waals surface area contributed by atoms with Crippen molar-refractivity contribution in [2.45, 2.75) is 25.9 Å². The average Bonchev–Trinajstić information content (AvgIpc) is 3.03. The largest absolute Gasteiger partial charge is 0.496 e. The third kappa shape index (κ3) is 2.53. The lowest BCUT2D eigenvalue weighted by Gasteiger charge is -2.15. The lowest BCUT2D eigenvalue weighted by atomic mass is 10.1. The second-order valence-electron chi connectivity index (χ2n) is 3.77. The summed E-state index contributed by atoms with van der Waals surface area (Å²) in [5.41, 5.74) is 2.82. The van der Waals surface area contributed by atoms with E-state index in [0.29, 0.717) is 6.42 Å². The summed E-state index contributed by atoms with van der Waals surface area (Å²) >= 11 is 1.62. The van der Waals surface area contributed by atoms with E-state index < -0.39 is 0 Å². The number of rotatable bonds is 6. The number of ether oxygens (including phenoxy) is 1. The summed E-state index contributed by atoms with van der Waals surface area (Å²) in [4.78, 5) is 5.33. The third-order valence-corrected chi connectivity index (χ3v) is 3.79. The van der Waals surface area contributed by atoms with Crippen molar-refractivity contribution in [2.75, 3.05) is 7.11 Å². The predicted molar refractivity (Wildman–Crippen MR) is 70.3 cm³/mol. The van der Waals surface area contributed by atoms with Crippen LogP contribution in [0.4, 0.5) is 0 Å². The van der Waals surface area contributed by atoms with E-state index in [1.165, 1.54) is 0 Å². The second kappa shape index (κ2) is 5.94. The molecule has 0 fully saturated rings. The summed E-state index contributed by atoms with van der Waals surface area (Å²) in [6.45, 7) is 2.84. The molecule has 1 atom stereocenters. The first kappa shape index (κ1) is 13.0. The molecule has 98 valence electrons. The van der Waals surface area contributed by atoms with Crippen molar-refractivity contribution in [3.05, 3.63) is 28.5 Å². The van der Waals surface area contributed by atoms with Crippen molar-refractivity contribution in [3.63, 3.8) is 0 Å². The Kier molecular flexibility index (Phi) is 4.29. The molecule has 0 saturated heterocycles. The third-order valence-electron chi connectivity index (χ3n) is 2.78. The fourth-order valence-corrected chi connectivity index (χ4v) is 2.77. The van der Waals surface area contributed by atoms with E-state index in [9.17, 15) is 0 Å². The summed E-state index contributed by atoms with van der Waals surface area (Å²) in [6.07, 6.45) is 2.25. The van der Waals surface area contributed by atoms with Gasteiger partial charge in [0.15, 0.2) is 0 Å². The first-order valence-corrected chi connectivity index (χ1v) is 6.62. The number of thiophene rings is 1. The number of nitrogens with two attached hydrogens (primary N) is 1. The molecule has 2 aromatic heterocycles. The van der Waals surface area contributed by atoms with Gasteiger partial charge < -0.3 is 4.74 Å². The van der Waals surface area contributed by atoms with Crippen LogP contribution in [0.5, 0.6) is 5.75 Å². The molecule has 0 radical (unpaired) electrons. The van der Waals surface area contributed by atoms with Crippen molar-refractivity contribution in [2.24, 2.45) is 5.84 Å². The maximum Gasteiger partial charge on any atom is 0.138 e. The van der Waals surface area contributed by atoms with Crippen LogP contribution >= 0.6 is 11.3 Å². The zero-order valence-corrected chi connectivity index (χ0v) is 11.3. The highest BCUT2D eigenvalue weighted by atomic mass is 32.1. The van der Waals surface area contributed by atoms with Gasteiger partial charge in [0.2, 0.25) is 0 Å². The van der Waals surface area contributed by atoms with Gasteiger partial charge in [0.1, 0.15) is 17.9 Å². The maximum absolute atomic E-state index is 5.64. The van der Waals surface area contributed by atoms with E-state index in [1.807, 2.05) is 23.1 Å². The van der Waals surface area contributed by atoms with E-state index in [1.54, 1.807) is 24.8 Å². The Morgan fingerprint density at radius 1 is 1.61 bits per heavy atom. The minimum Gasteiger partial charge on any atom is -0.496 e. The molecule has 0 spiro atoms. The Bertz CT molecular complexity index is 495. The Labute approximate surface area is 110 Å².